The highest BCUT2D eigenvalue weighted by molar-refractivity contribution is 6.30. The number of hydrogen-bond donors (Lipinski definition) is 3. The Hall–Kier alpha value is -2.94. The van der Waals surface area contributed by atoms with Crippen LogP contribution in [0.5, 0.6) is 0 Å². The molecule has 0 saturated carbocycles. The SMILES string of the molecule is CC1CC23O[C@]1(C)[C@@H](C(=O)Nc1ccccc1)[C@H]2C(=O)N([C@H](C)CO)C3C(=O)Nc1ccc(Cl)cc1. The highest BCUT2D eigenvalue weighted by Gasteiger charge is 2.80. The molecule has 8 nitrogen and oxygen atoms in total. The Kier molecular flexibility index (Phi) is 6.09. The van der Waals surface area contributed by atoms with Crippen molar-refractivity contribution in [1.29, 1.82) is 0 Å². The Bertz CT molecular complexity index is 1190. The van der Waals surface area contributed by atoms with Gasteiger partial charge in [-0.1, -0.05) is 36.7 Å². The zero-order valence-corrected chi connectivity index (χ0v) is 21.2. The number of nitrogens with zero attached hydrogens (tertiary/aromatic N) is 1. The molecule has 3 aliphatic rings. The summed E-state index contributed by atoms with van der Waals surface area (Å²) in [5.74, 6) is -2.81. The van der Waals surface area contributed by atoms with Gasteiger partial charge in [-0.25, -0.2) is 0 Å². The molecule has 0 aliphatic carbocycles. The summed E-state index contributed by atoms with van der Waals surface area (Å²) in [5.41, 5.74) is -0.965. The van der Waals surface area contributed by atoms with Gasteiger partial charge in [-0.15, -0.1) is 0 Å². The van der Waals surface area contributed by atoms with E-state index in [1.54, 1.807) is 43.3 Å². The van der Waals surface area contributed by atoms with Crippen molar-refractivity contribution in [2.75, 3.05) is 17.2 Å². The first-order valence-corrected chi connectivity index (χ1v) is 12.6. The Morgan fingerprint density at radius 3 is 2.36 bits per heavy atom. The topological polar surface area (TPSA) is 108 Å². The van der Waals surface area contributed by atoms with Crippen molar-refractivity contribution in [2.45, 2.75) is 50.5 Å². The summed E-state index contributed by atoms with van der Waals surface area (Å²) in [6.45, 7) is 5.22. The molecule has 3 N–H and O–H groups in total. The molecule has 7 atom stereocenters. The summed E-state index contributed by atoms with van der Waals surface area (Å²) in [5, 5.41) is 16.3. The minimum Gasteiger partial charge on any atom is -0.394 e. The highest BCUT2D eigenvalue weighted by Crippen LogP contribution is 2.65. The molecule has 3 amide bonds. The Labute approximate surface area is 215 Å². The molecular formula is C27H30ClN3O5. The number of carbonyl (C=O) groups is 3. The van der Waals surface area contributed by atoms with Crippen LogP contribution in [0.2, 0.25) is 5.02 Å². The normalized spacial score (nSPS) is 33.4. The second-order valence-electron chi connectivity index (χ2n) is 10.3. The van der Waals surface area contributed by atoms with Crippen LogP contribution in [0, 0.1) is 17.8 Å². The van der Waals surface area contributed by atoms with E-state index in [0.29, 0.717) is 22.8 Å². The average molecular weight is 512 g/mol. The van der Waals surface area contributed by atoms with E-state index in [4.69, 9.17) is 16.3 Å². The van der Waals surface area contributed by atoms with Crippen LogP contribution in [0.1, 0.15) is 27.2 Å². The molecular weight excluding hydrogens is 482 g/mol. The molecule has 3 heterocycles. The van der Waals surface area contributed by atoms with E-state index < -0.39 is 41.0 Å². The minimum atomic E-state index is -1.19. The first-order valence-electron chi connectivity index (χ1n) is 12.2. The molecule has 2 aromatic rings. The molecule has 3 saturated heterocycles. The fraction of sp³-hybridized carbons (Fsp3) is 0.444. The lowest BCUT2D eigenvalue weighted by Gasteiger charge is -2.36. The van der Waals surface area contributed by atoms with Gasteiger partial charge in [0, 0.05) is 16.4 Å². The predicted molar refractivity (Wildman–Crippen MR) is 135 cm³/mol. The van der Waals surface area contributed by atoms with Gasteiger partial charge in [0.2, 0.25) is 17.7 Å². The van der Waals surface area contributed by atoms with E-state index in [2.05, 4.69) is 10.6 Å². The van der Waals surface area contributed by atoms with Crippen molar-refractivity contribution < 1.29 is 24.2 Å². The van der Waals surface area contributed by atoms with E-state index >= 15 is 0 Å². The first kappa shape index (κ1) is 24.7. The van der Waals surface area contributed by atoms with Crippen molar-refractivity contribution in [2.24, 2.45) is 17.8 Å². The summed E-state index contributed by atoms with van der Waals surface area (Å²) in [6, 6.07) is 14.1. The number of carbonyl (C=O) groups excluding carboxylic acids is 3. The van der Waals surface area contributed by atoms with Gasteiger partial charge in [0.15, 0.2) is 0 Å². The molecule has 0 aromatic heterocycles. The molecule has 36 heavy (non-hydrogen) atoms. The third-order valence-electron chi connectivity index (χ3n) is 8.18. The summed E-state index contributed by atoms with van der Waals surface area (Å²) < 4.78 is 6.65. The summed E-state index contributed by atoms with van der Waals surface area (Å²) in [4.78, 5) is 42.8. The first-order chi connectivity index (χ1) is 17.1. The number of ether oxygens (including phenoxy) is 1. The third-order valence-corrected chi connectivity index (χ3v) is 8.43. The van der Waals surface area contributed by atoms with Crippen LogP contribution >= 0.6 is 11.6 Å². The van der Waals surface area contributed by atoms with Gasteiger partial charge in [-0.05, 0) is 62.6 Å². The fourth-order valence-corrected chi connectivity index (χ4v) is 6.55. The Balaban J connectivity index is 1.54. The molecule has 3 fully saturated rings. The largest absolute Gasteiger partial charge is 0.394 e. The predicted octanol–water partition coefficient (Wildman–Crippen LogP) is 3.31. The van der Waals surface area contributed by atoms with Crippen LogP contribution in [0.25, 0.3) is 0 Å². The Morgan fingerprint density at radius 2 is 1.72 bits per heavy atom. The number of rotatable bonds is 6. The van der Waals surface area contributed by atoms with E-state index in [-0.39, 0.29) is 24.3 Å². The lowest BCUT2D eigenvalue weighted by atomic mass is 9.62. The third kappa shape index (κ3) is 3.62. The number of nitrogens with one attached hydrogen (secondary N) is 2. The van der Waals surface area contributed by atoms with Crippen LogP contribution in [0.3, 0.4) is 0 Å². The van der Waals surface area contributed by atoms with Crippen molar-refractivity contribution in [3.63, 3.8) is 0 Å². The average Bonchev–Trinajstić information content (AvgIpc) is 3.37. The molecule has 9 heteroatoms. The number of hydrogen-bond acceptors (Lipinski definition) is 5. The second kappa shape index (κ2) is 8.87. The number of benzene rings is 2. The second-order valence-corrected chi connectivity index (χ2v) is 10.8. The molecule has 3 unspecified atom stereocenters. The van der Waals surface area contributed by atoms with Gasteiger partial charge in [0.1, 0.15) is 11.6 Å². The number of anilines is 2. The summed E-state index contributed by atoms with van der Waals surface area (Å²) >= 11 is 5.98. The maximum absolute atomic E-state index is 14.0. The number of likely N-dealkylation sites (tertiary alicyclic amines) is 1. The standard InChI is InChI=1S/C27H30ClN3O5/c1-15-13-27-21(20(26(15,3)36-27)23(33)29-18-7-5-4-6-8-18)25(35)31(16(2)14-32)22(27)24(34)30-19-11-9-17(28)10-12-19/h4-12,15-16,20-22,32H,13-14H2,1-3H3,(H,29,33)(H,30,34)/t15?,16-,20-,21+,22?,26+,27?/m1/s1. The number of halogens is 1. The lowest BCUT2D eigenvalue weighted by molar-refractivity contribution is -0.147. The minimum absolute atomic E-state index is 0.0803. The van der Waals surface area contributed by atoms with E-state index in [1.165, 1.54) is 4.90 Å². The molecule has 0 radical (unpaired) electrons. The zero-order chi connectivity index (χ0) is 25.8. The quantitative estimate of drug-likeness (QED) is 0.551. The smallest absolute Gasteiger partial charge is 0.250 e. The fourth-order valence-electron chi connectivity index (χ4n) is 6.42. The van der Waals surface area contributed by atoms with Crippen molar-refractivity contribution in [1.82, 2.24) is 4.90 Å². The van der Waals surface area contributed by atoms with Gasteiger partial charge in [-0.3, -0.25) is 14.4 Å². The van der Waals surface area contributed by atoms with Crippen LogP contribution in [0.4, 0.5) is 11.4 Å². The summed E-state index contributed by atoms with van der Waals surface area (Å²) in [6.07, 6.45) is 0.447. The molecule has 5 rings (SSSR count). The zero-order valence-electron chi connectivity index (χ0n) is 20.4. The maximum atomic E-state index is 14.0. The van der Waals surface area contributed by atoms with E-state index in [9.17, 15) is 19.5 Å². The van der Waals surface area contributed by atoms with E-state index in [1.807, 2.05) is 32.0 Å². The molecule has 2 aromatic carbocycles. The van der Waals surface area contributed by atoms with Crippen LogP contribution in [-0.4, -0.2) is 57.6 Å². The van der Waals surface area contributed by atoms with Gasteiger partial charge in [0.25, 0.3) is 0 Å². The highest BCUT2D eigenvalue weighted by atomic mass is 35.5. The number of para-hydroxylation sites is 1. The number of aliphatic hydroxyl groups is 1. The van der Waals surface area contributed by atoms with Crippen LogP contribution in [0.15, 0.2) is 54.6 Å². The molecule has 1 spiro atoms. The van der Waals surface area contributed by atoms with Gasteiger partial charge in [-0.2, -0.15) is 0 Å². The monoisotopic (exact) mass is 511 g/mol. The Morgan fingerprint density at radius 1 is 1.11 bits per heavy atom. The van der Waals surface area contributed by atoms with Crippen molar-refractivity contribution >= 4 is 40.7 Å². The van der Waals surface area contributed by atoms with Crippen LogP contribution in [-0.2, 0) is 19.1 Å². The summed E-state index contributed by atoms with van der Waals surface area (Å²) in [7, 11) is 0. The van der Waals surface area contributed by atoms with Crippen molar-refractivity contribution in [3.05, 3.63) is 59.6 Å². The lowest BCUT2D eigenvalue weighted by Crippen LogP contribution is -2.56. The van der Waals surface area contributed by atoms with E-state index in [0.717, 1.165) is 0 Å². The molecule has 190 valence electrons. The van der Waals surface area contributed by atoms with Crippen LogP contribution < -0.4 is 10.6 Å². The maximum Gasteiger partial charge on any atom is 0.250 e. The molecule has 2 bridgehead atoms. The number of fused-ring (bicyclic) bond motifs is 1. The van der Waals surface area contributed by atoms with Gasteiger partial charge >= 0.3 is 0 Å². The van der Waals surface area contributed by atoms with Gasteiger partial charge in [0.05, 0.1) is 30.1 Å². The van der Waals surface area contributed by atoms with Gasteiger partial charge < -0.3 is 25.4 Å². The number of aliphatic hydroxyl groups excluding tert-OH is 1. The van der Waals surface area contributed by atoms with Crippen molar-refractivity contribution in [3.8, 4) is 0 Å². The number of amides is 3. The molecule has 3 aliphatic heterocycles.